The molecular formula is C32H32N6O5. The number of benzene rings is 1. The number of nitrogens with one attached hydrogen (secondary N) is 2. The van der Waals surface area contributed by atoms with Crippen molar-refractivity contribution in [2.75, 3.05) is 13.1 Å². The first kappa shape index (κ1) is 28.1. The molecule has 2 aliphatic rings. The van der Waals surface area contributed by atoms with Crippen LogP contribution in [0.1, 0.15) is 58.5 Å². The second kappa shape index (κ2) is 10.6. The monoisotopic (exact) mass is 580 g/mol. The van der Waals surface area contributed by atoms with Crippen LogP contribution in [0.2, 0.25) is 0 Å². The standard InChI is InChI=1S/C32H32N6O5/c1-32(2,3)27(36-28(39)26-12-18-6-4-5-7-24(18)35-26)30(41)38-17-21-13-22(38)16-37(21)29(40)25-11-8-19(14-34-25)23-10-9-20(15-33-23)31(42)43/h4-12,14-15,21-22,27,35H,13,16-17H2,1-3H3,(H,36,39)(H,42,43)/t21-,22-,27?/m0/s1. The number of rotatable bonds is 6. The molecule has 1 unspecified atom stereocenters. The van der Waals surface area contributed by atoms with Crippen molar-refractivity contribution < 1.29 is 24.3 Å². The molecule has 0 aliphatic carbocycles. The van der Waals surface area contributed by atoms with Crippen molar-refractivity contribution in [3.8, 4) is 11.3 Å². The van der Waals surface area contributed by atoms with Crippen molar-refractivity contribution >= 4 is 34.6 Å². The lowest BCUT2D eigenvalue weighted by molar-refractivity contribution is -0.138. The molecule has 220 valence electrons. The molecule has 2 saturated heterocycles. The van der Waals surface area contributed by atoms with Crippen molar-refractivity contribution in [1.82, 2.24) is 30.1 Å². The highest BCUT2D eigenvalue weighted by Crippen LogP contribution is 2.34. The average molecular weight is 581 g/mol. The Morgan fingerprint density at radius 2 is 1.70 bits per heavy atom. The molecule has 0 spiro atoms. The van der Waals surface area contributed by atoms with Crippen LogP contribution < -0.4 is 5.32 Å². The van der Waals surface area contributed by atoms with Gasteiger partial charge in [-0.05, 0) is 48.2 Å². The van der Waals surface area contributed by atoms with Crippen LogP contribution in [-0.4, -0.2) is 84.8 Å². The van der Waals surface area contributed by atoms with Gasteiger partial charge in [0, 0.05) is 41.9 Å². The molecular weight excluding hydrogens is 548 g/mol. The highest BCUT2D eigenvalue weighted by molar-refractivity contribution is 6.00. The van der Waals surface area contributed by atoms with Gasteiger partial charge in [0.1, 0.15) is 17.4 Å². The summed E-state index contributed by atoms with van der Waals surface area (Å²) >= 11 is 0. The van der Waals surface area contributed by atoms with Crippen molar-refractivity contribution in [3.05, 3.63) is 83.9 Å². The maximum atomic E-state index is 13.8. The van der Waals surface area contributed by atoms with E-state index in [2.05, 4.69) is 20.3 Å². The van der Waals surface area contributed by atoms with Crippen LogP contribution in [0, 0.1) is 5.41 Å². The average Bonchev–Trinajstić information content (AvgIpc) is 3.73. The molecule has 4 aromatic rings. The molecule has 1 aromatic carbocycles. The molecule has 43 heavy (non-hydrogen) atoms. The summed E-state index contributed by atoms with van der Waals surface area (Å²) in [5.74, 6) is -1.75. The number of nitrogens with zero attached hydrogens (tertiary/aromatic N) is 4. The molecule has 5 heterocycles. The lowest BCUT2D eigenvalue weighted by Gasteiger charge is -2.39. The van der Waals surface area contributed by atoms with Crippen LogP contribution in [0.15, 0.2) is 67.0 Å². The Labute approximate surface area is 247 Å². The van der Waals surface area contributed by atoms with Gasteiger partial charge < -0.3 is 25.2 Å². The normalized spacial score (nSPS) is 18.6. The van der Waals surface area contributed by atoms with Crippen LogP contribution in [0.25, 0.3) is 22.2 Å². The fourth-order valence-electron chi connectivity index (χ4n) is 5.91. The predicted octanol–water partition coefficient (Wildman–Crippen LogP) is 3.59. The van der Waals surface area contributed by atoms with Crippen molar-refractivity contribution in [1.29, 1.82) is 0 Å². The Balaban J connectivity index is 1.11. The Morgan fingerprint density at radius 1 is 0.953 bits per heavy atom. The number of likely N-dealkylation sites (tertiary alicyclic amines) is 2. The number of hydrogen-bond acceptors (Lipinski definition) is 6. The number of aromatic carboxylic acids is 1. The number of fused-ring (bicyclic) bond motifs is 3. The van der Waals surface area contributed by atoms with E-state index >= 15 is 0 Å². The van der Waals surface area contributed by atoms with Crippen LogP contribution >= 0.6 is 0 Å². The van der Waals surface area contributed by atoms with Crippen molar-refractivity contribution in [3.63, 3.8) is 0 Å². The molecule has 2 bridgehead atoms. The van der Waals surface area contributed by atoms with Crippen LogP contribution in [-0.2, 0) is 4.79 Å². The van der Waals surface area contributed by atoms with Gasteiger partial charge in [-0.3, -0.25) is 24.4 Å². The molecule has 3 amide bonds. The smallest absolute Gasteiger partial charge is 0.337 e. The Bertz CT molecular complexity index is 1690. The van der Waals surface area contributed by atoms with Crippen LogP contribution in [0.5, 0.6) is 0 Å². The molecule has 2 fully saturated rings. The largest absolute Gasteiger partial charge is 0.478 e. The Kier molecular flexibility index (Phi) is 6.95. The molecule has 0 radical (unpaired) electrons. The van der Waals surface area contributed by atoms with Crippen molar-refractivity contribution in [2.24, 2.45) is 5.41 Å². The highest BCUT2D eigenvalue weighted by Gasteiger charge is 2.50. The van der Waals surface area contributed by atoms with E-state index in [0.29, 0.717) is 36.5 Å². The summed E-state index contributed by atoms with van der Waals surface area (Å²) in [5.41, 5.74) is 2.30. The van der Waals surface area contributed by atoms with Gasteiger partial charge in [-0.1, -0.05) is 39.0 Å². The van der Waals surface area contributed by atoms with E-state index in [0.717, 1.165) is 10.9 Å². The summed E-state index contributed by atoms with van der Waals surface area (Å²) in [6.45, 7) is 6.56. The van der Waals surface area contributed by atoms with E-state index in [1.807, 2.05) is 45.0 Å². The first-order valence-corrected chi connectivity index (χ1v) is 14.2. The molecule has 11 heteroatoms. The fourth-order valence-corrected chi connectivity index (χ4v) is 5.91. The van der Waals surface area contributed by atoms with Gasteiger partial charge in [0.15, 0.2) is 0 Å². The zero-order chi connectivity index (χ0) is 30.5. The summed E-state index contributed by atoms with van der Waals surface area (Å²) in [6.07, 6.45) is 3.49. The summed E-state index contributed by atoms with van der Waals surface area (Å²) < 4.78 is 0. The fraction of sp³-hybridized carbons (Fsp3) is 0.312. The highest BCUT2D eigenvalue weighted by atomic mass is 16.4. The zero-order valence-electron chi connectivity index (χ0n) is 24.1. The third-order valence-corrected chi connectivity index (χ3v) is 8.24. The van der Waals surface area contributed by atoms with Crippen LogP contribution in [0.4, 0.5) is 0 Å². The Morgan fingerprint density at radius 3 is 2.30 bits per heavy atom. The second-order valence-electron chi connectivity index (χ2n) is 12.2. The van der Waals surface area contributed by atoms with Crippen molar-refractivity contribution in [2.45, 2.75) is 45.3 Å². The molecule has 3 N–H and O–H groups in total. The number of pyridine rings is 2. The first-order valence-electron chi connectivity index (χ1n) is 14.2. The van der Waals surface area contributed by atoms with E-state index in [1.165, 1.54) is 12.3 Å². The minimum Gasteiger partial charge on any atom is -0.478 e. The van der Waals surface area contributed by atoms with E-state index < -0.39 is 17.4 Å². The maximum absolute atomic E-state index is 13.8. The lowest BCUT2D eigenvalue weighted by atomic mass is 9.85. The van der Waals surface area contributed by atoms with E-state index in [-0.39, 0.29) is 41.1 Å². The SMILES string of the molecule is CC(C)(C)C(NC(=O)c1cc2ccccc2[nH]1)C(=O)N1C[C@@H]2C[C@H]1CN2C(=O)c1ccc(-c2ccc(C(=O)O)cn2)cn1. The minimum absolute atomic E-state index is 0.0884. The molecule has 3 aromatic heterocycles. The number of amides is 3. The molecule has 6 rings (SSSR count). The number of hydrogen-bond donors (Lipinski definition) is 3. The van der Waals surface area contributed by atoms with Gasteiger partial charge in [0.25, 0.3) is 11.8 Å². The second-order valence-corrected chi connectivity index (χ2v) is 12.2. The number of carboxylic acid groups (broad SMARTS) is 1. The topological polar surface area (TPSA) is 149 Å². The quantitative estimate of drug-likeness (QED) is 0.316. The number of aromatic amines is 1. The molecule has 2 aliphatic heterocycles. The Hall–Kier alpha value is -5.06. The molecule has 3 atom stereocenters. The summed E-state index contributed by atoms with van der Waals surface area (Å²) in [7, 11) is 0. The number of para-hydroxylation sites is 1. The van der Waals surface area contributed by atoms with Gasteiger partial charge in [-0.2, -0.15) is 0 Å². The van der Waals surface area contributed by atoms with E-state index in [1.54, 1.807) is 40.3 Å². The number of carbonyl (C=O) groups is 4. The predicted molar refractivity (Wildman–Crippen MR) is 158 cm³/mol. The van der Waals surface area contributed by atoms with Gasteiger partial charge in [0.05, 0.1) is 23.3 Å². The maximum Gasteiger partial charge on any atom is 0.337 e. The first-order chi connectivity index (χ1) is 20.5. The number of carboxylic acids is 1. The third kappa shape index (κ3) is 5.33. The zero-order valence-corrected chi connectivity index (χ0v) is 24.1. The number of carbonyl (C=O) groups excluding carboxylic acids is 3. The van der Waals surface area contributed by atoms with Gasteiger partial charge in [0.2, 0.25) is 5.91 Å². The summed E-state index contributed by atoms with van der Waals surface area (Å²) in [4.78, 5) is 66.7. The minimum atomic E-state index is -1.05. The number of piperazine rings is 1. The van der Waals surface area contributed by atoms with Gasteiger partial charge in [-0.25, -0.2) is 4.79 Å². The third-order valence-electron chi connectivity index (χ3n) is 8.24. The lowest BCUT2D eigenvalue weighted by Crippen LogP contribution is -2.59. The number of aromatic nitrogens is 3. The molecule has 0 saturated carbocycles. The summed E-state index contributed by atoms with van der Waals surface area (Å²) in [6, 6.07) is 14.8. The summed E-state index contributed by atoms with van der Waals surface area (Å²) in [5, 5.41) is 13.0. The van der Waals surface area contributed by atoms with Gasteiger partial charge in [-0.15, -0.1) is 0 Å². The van der Waals surface area contributed by atoms with Gasteiger partial charge >= 0.3 is 5.97 Å². The molecule has 11 nitrogen and oxygen atoms in total. The van der Waals surface area contributed by atoms with E-state index in [4.69, 9.17) is 5.11 Å². The number of H-pyrrole nitrogens is 1. The van der Waals surface area contributed by atoms with Crippen LogP contribution in [0.3, 0.4) is 0 Å². The van der Waals surface area contributed by atoms with E-state index in [9.17, 15) is 19.2 Å².